The molecular formula is C46H49Br2ClF6N8O4S2. The van der Waals surface area contributed by atoms with Crippen LogP contribution in [0.4, 0.5) is 26.3 Å². The summed E-state index contributed by atoms with van der Waals surface area (Å²) in [5.41, 5.74) is 8.97. The van der Waals surface area contributed by atoms with Gasteiger partial charge in [0.2, 0.25) is 10.0 Å². The standard InChI is InChI=1S/C23H22BrF5N4O2S.C17H21BrFN3.C6H6ClNO2S/c1-22(2,3)33-21(14-8-17(25)18(26)9-16(14)24)15(11-31-33)20(12-4-5-12)32-36(34,35)13-6-7-19(30-10-13)23(27,28)29;1-17(2,3)22-16(12-8-11(19)6-7-14(12)18)13(9-21-22)15(20)10-4-5-10;1-5-2-3-6(4-8-5)11(7,9)10/h6-12,20,32H,4-5H2,1-3H3;6-10,15H,4-5,20H2,1-3H3;2-4H,1H3/t20-;15-;/m11./s1. The maximum Gasteiger partial charge on any atom is 0.433 e. The van der Waals surface area contributed by atoms with Gasteiger partial charge in [0.1, 0.15) is 21.3 Å². The SMILES string of the molecule is CC(C)(C)n1ncc([C@H](N)C2CC2)c1-c1cc(F)ccc1Br.CC(C)(C)n1ncc([C@H](NS(=O)(=O)c2ccc(C(F)(F)F)nc2)C2CC2)c1-c1cc(F)c(F)cc1Br.Cc1ccc(S(=O)(=O)Cl)cn1. The average molecular weight is 1150 g/mol. The van der Waals surface area contributed by atoms with Crippen LogP contribution in [0.25, 0.3) is 22.5 Å². The molecule has 3 N–H and O–H groups in total. The molecular weight excluding hydrogens is 1100 g/mol. The summed E-state index contributed by atoms with van der Waals surface area (Å²) in [5, 5.41) is 9.00. The van der Waals surface area contributed by atoms with E-state index in [1.165, 1.54) is 24.5 Å². The van der Waals surface area contributed by atoms with Crippen molar-refractivity contribution in [2.45, 2.75) is 113 Å². The molecule has 8 rings (SSSR count). The summed E-state index contributed by atoms with van der Waals surface area (Å²) in [7, 11) is -2.85. The number of alkyl halides is 3. The van der Waals surface area contributed by atoms with E-state index in [1.807, 2.05) is 31.6 Å². The molecule has 0 spiro atoms. The molecule has 0 radical (unpaired) electrons. The van der Waals surface area contributed by atoms with Gasteiger partial charge in [-0.3, -0.25) is 19.3 Å². The Kier molecular flexibility index (Phi) is 16.1. The first kappa shape index (κ1) is 54.1. The van der Waals surface area contributed by atoms with Gasteiger partial charge in [-0.25, -0.2) is 34.7 Å². The molecule has 4 heterocycles. The molecule has 6 aromatic rings. The molecule has 12 nitrogen and oxygen atoms in total. The number of halogens is 9. The number of nitrogens with two attached hydrogens (primary N) is 1. The van der Waals surface area contributed by atoms with Crippen LogP contribution in [-0.4, -0.2) is 46.4 Å². The van der Waals surface area contributed by atoms with Crippen molar-refractivity contribution in [3.63, 3.8) is 0 Å². The van der Waals surface area contributed by atoms with Crippen molar-refractivity contribution in [2.24, 2.45) is 17.6 Å². The van der Waals surface area contributed by atoms with E-state index >= 15 is 0 Å². The first-order valence-corrected chi connectivity index (χ1v) is 26.7. The van der Waals surface area contributed by atoms with Crippen LogP contribution in [0.3, 0.4) is 0 Å². The third kappa shape index (κ3) is 13.2. The van der Waals surface area contributed by atoms with Crippen molar-refractivity contribution >= 4 is 61.6 Å². The summed E-state index contributed by atoms with van der Waals surface area (Å²) < 4.78 is 135. The van der Waals surface area contributed by atoms with E-state index in [0.717, 1.165) is 58.0 Å². The number of hydrogen-bond donors (Lipinski definition) is 2. The fraction of sp³-hybridized carbons (Fsp3) is 0.391. The summed E-state index contributed by atoms with van der Waals surface area (Å²) in [4.78, 5) is 6.63. The number of benzene rings is 2. The van der Waals surface area contributed by atoms with Gasteiger partial charge in [-0.05, 0) is 157 Å². The van der Waals surface area contributed by atoms with Gasteiger partial charge in [-0.15, -0.1) is 0 Å². The molecule has 0 saturated heterocycles. The minimum absolute atomic E-state index is 0.0322. The van der Waals surface area contributed by atoms with Crippen molar-refractivity contribution < 1.29 is 43.2 Å². The number of sulfonamides is 1. The zero-order valence-electron chi connectivity index (χ0n) is 38.3. The van der Waals surface area contributed by atoms with Crippen LogP contribution >= 0.6 is 42.5 Å². The van der Waals surface area contributed by atoms with Gasteiger partial charge in [-0.1, -0.05) is 15.9 Å². The third-order valence-electron chi connectivity index (χ3n) is 11.0. The monoisotopic (exact) mass is 1150 g/mol. The number of aromatic nitrogens is 6. The van der Waals surface area contributed by atoms with E-state index in [1.54, 1.807) is 29.8 Å². The molecule has 372 valence electrons. The Morgan fingerprint density at radius 1 is 0.696 bits per heavy atom. The lowest BCUT2D eigenvalue weighted by molar-refractivity contribution is -0.141. The molecule has 0 bridgehead atoms. The number of nitrogens with zero attached hydrogens (tertiary/aromatic N) is 6. The summed E-state index contributed by atoms with van der Waals surface area (Å²) in [6.07, 6.45) is 4.21. The molecule has 23 heteroatoms. The fourth-order valence-corrected chi connectivity index (χ4v) is 10.1. The summed E-state index contributed by atoms with van der Waals surface area (Å²) in [6.45, 7) is 13.6. The predicted molar refractivity (Wildman–Crippen MR) is 257 cm³/mol. The van der Waals surface area contributed by atoms with Crippen molar-refractivity contribution in [1.29, 1.82) is 0 Å². The quantitative estimate of drug-likeness (QED) is 0.0770. The van der Waals surface area contributed by atoms with Crippen LogP contribution in [-0.2, 0) is 36.3 Å². The van der Waals surface area contributed by atoms with E-state index in [-0.39, 0.29) is 38.2 Å². The van der Waals surface area contributed by atoms with Crippen LogP contribution in [0, 0.1) is 36.2 Å². The molecule has 69 heavy (non-hydrogen) atoms. The highest BCUT2D eigenvalue weighted by Crippen LogP contribution is 2.47. The Morgan fingerprint density at radius 3 is 1.71 bits per heavy atom. The molecule has 4 aromatic heterocycles. The number of aryl methyl sites for hydroxylation is 1. The zero-order valence-corrected chi connectivity index (χ0v) is 43.8. The first-order valence-electron chi connectivity index (χ1n) is 21.3. The van der Waals surface area contributed by atoms with Crippen molar-refractivity contribution in [3.8, 4) is 22.5 Å². The molecule has 0 aliphatic heterocycles. The summed E-state index contributed by atoms with van der Waals surface area (Å²) in [6, 6.07) is 10.3. The second-order valence-electron chi connectivity index (χ2n) is 18.7. The molecule has 2 saturated carbocycles. The van der Waals surface area contributed by atoms with Gasteiger partial charge < -0.3 is 5.73 Å². The Labute approximate surface area is 418 Å². The van der Waals surface area contributed by atoms with Gasteiger partial charge in [-0.2, -0.15) is 23.4 Å². The van der Waals surface area contributed by atoms with E-state index < -0.39 is 59.1 Å². The maximum atomic E-state index is 14.3. The van der Waals surface area contributed by atoms with Gasteiger partial charge in [0.15, 0.2) is 11.6 Å². The second kappa shape index (κ2) is 20.5. The molecule has 0 unspecified atom stereocenters. The lowest BCUT2D eigenvalue weighted by Gasteiger charge is -2.26. The van der Waals surface area contributed by atoms with Crippen molar-refractivity contribution in [2.75, 3.05) is 0 Å². The van der Waals surface area contributed by atoms with Crippen molar-refractivity contribution in [1.82, 2.24) is 34.3 Å². The van der Waals surface area contributed by atoms with Crippen molar-refractivity contribution in [3.05, 3.63) is 128 Å². The zero-order chi connectivity index (χ0) is 51.2. The minimum atomic E-state index is -4.71. The number of pyridine rings is 2. The van der Waals surface area contributed by atoms with E-state index in [9.17, 15) is 43.2 Å². The first-order chi connectivity index (χ1) is 31.9. The van der Waals surface area contributed by atoms with Gasteiger partial charge in [0.25, 0.3) is 9.05 Å². The smallest absolute Gasteiger partial charge is 0.324 e. The van der Waals surface area contributed by atoms with Gasteiger partial charge in [0, 0.05) is 66.0 Å². The highest BCUT2D eigenvalue weighted by atomic mass is 79.9. The van der Waals surface area contributed by atoms with Crippen LogP contribution in [0.15, 0.2) is 98.1 Å². The Bertz CT molecular complexity index is 3040. The molecule has 2 aliphatic carbocycles. The Morgan fingerprint density at radius 2 is 1.22 bits per heavy atom. The molecule has 2 aliphatic rings. The van der Waals surface area contributed by atoms with Crippen LogP contribution in [0.2, 0.25) is 0 Å². The van der Waals surface area contributed by atoms with Gasteiger partial charge >= 0.3 is 6.18 Å². The van der Waals surface area contributed by atoms with E-state index in [0.29, 0.717) is 42.3 Å². The average Bonchev–Trinajstić information content (AvgIpc) is 4.18. The number of hydrogen-bond acceptors (Lipinski definition) is 9. The van der Waals surface area contributed by atoms with Crippen LogP contribution in [0.5, 0.6) is 0 Å². The summed E-state index contributed by atoms with van der Waals surface area (Å²) >= 11 is 6.81. The van der Waals surface area contributed by atoms with Crippen LogP contribution in [0.1, 0.15) is 102 Å². The molecule has 0 amide bonds. The maximum absolute atomic E-state index is 14.3. The van der Waals surface area contributed by atoms with E-state index in [4.69, 9.17) is 16.4 Å². The highest BCUT2D eigenvalue weighted by Gasteiger charge is 2.40. The lowest BCUT2D eigenvalue weighted by Crippen LogP contribution is -2.31. The van der Waals surface area contributed by atoms with Crippen LogP contribution < -0.4 is 10.5 Å². The minimum Gasteiger partial charge on any atom is -0.324 e. The second-order valence-corrected chi connectivity index (χ2v) is 24.7. The summed E-state index contributed by atoms with van der Waals surface area (Å²) in [5.74, 6) is -2.00. The normalized spacial score (nSPS) is 15.4. The molecule has 2 fully saturated rings. The highest BCUT2D eigenvalue weighted by molar-refractivity contribution is 9.11. The fourth-order valence-electron chi connectivity index (χ4n) is 7.23. The molecule has 2 aromatic carbocycles. The lowest BCUT2D eigenvalue weighted by atomic mass is 9.98. The number of rotatable bonds is 10. The Balaban J connectivity index is 0.000000199. The molecule has 2 atom stereocenters. The Hall–Kier alpha value is -4.19. The topological polar surface area (TPSA) is 168 Å². The number of nitrogens with one attached hydrogen (secondary N) is 1. The largest absolute Gasteiger partial charge is 0.433 e. The van der Waals surface area contributed by atoms with E-state index in [2.05, 4.69) is 77.5 Å². The van der Waals surface area contributed by atoms with Gasteiger partial charge in [0.05, 0.1) is 40.9 Å². The predicted octanol–water partition coefficient (Wildman–Crippen LogP) is 12.1. The third-order valence-corrected chi connectivity index (χ3v) is 15.1.